The Morgan fingerprint density at radius 3 is 2.90 bits per heavy atom. The fraction of sp³-hybridized carbons (Fsp3) is 0.588. The summed E-state index contributed by atoms with van der Waals surface area (Å²) in [6.45, 7) is 11.0. The third-order valence-electron chi connectivity index (χ3n) is 3.96. The monoisotopic (exact) mass is 290 g/mol. The minimum atomic E-state index is 0.0696. The van der Waals surface area contributed by atoms with Crippen LogP contribution in [0.1, 0.15) is 37.8 Å². The second kappa shape index (κ2) is 6.94. The molecule has 1 N–H and O–H groups in total. The number of amides is 1. The van der Waals surface area contributed by atoms with Gasteiger partial charge in [-0.2, -0.15) is 0 Å². The van der Waals surface area contributed by atoms with Crippen molar-refractivity contribution in [2.75, 3.05) is 26.2 Å². The average Bonchev–Trinajstić information content (AvgIpc) is 2.45. The molecule has 0 unspecified atom stereocenters. The zero-order valence-electron chi connectivity index (χ0n) is 13.5. The second-order valence-corrected chi connectivity index (χ2v) is 6.12. The van der Waals surface area contributed by atoms with Gasteiger partial charge in [-0.1, -0.05) is 26.0 Å². The zero-order chi connectivity index (χ0) is 15.4. The lowest BCUT2D eigenvalue weighted by Gasteiger charge is -2.34. The molecular formula is C17H26N2O2. The lowest BCUT2D eigenvalue weighted by atomic mass is 10.0. The first-order valence-corrected chi connectivity index (χ1v) is 7.72. The highest BCUT2D eigenvalue weighted by Gasteiger charge is 2.23. The Labute approximate surface area is 127 Å². The Bertz CT molecular complexity index is 500. The molecule has 0 bridgehead atoms. The van der Waals surface area contributed by atoms with E-state index < -0.39 is 0 Å². The summed E-state index contributed by atoms with van der Waals surface area (Å²) >= 11 is 0. The smallest absolute Gasteiger partial charge is 0.260 e. The predicted octanol–water partition coefficient (Wildman–Crippen LogP) is 2.32. The largest absolute Gasteiger partial charge is 0.483 e. The standard InChI is InChI=1S/C17H26N2O2/c1-12(2)15-6-5-13(3)9-16(15)21-11-17(20)19-8-7-18-10-14(19)4/h5-6,9,12,14,18H,7-8,10-11H2,1-4H3/t14-/m1/s1. The van der Waals surface area contributed by atoms with E-state index in [0.29, 0.717) is 5.92 Å². The number of piperazine rings is 1. The zero-order valence-corrected chi connectivity index (χ0v) is 13.5. The Kier molecular flexibility index (Phi) is 5.23. The summed E-state index contributed by atoms with van der Waals surface area (Å²) in [7, 11) is 0. The Hall–Kier alpha value is -1.55. The van der Waals surface area contributed by atoms with Crippen LogP contribution in [0, 0.1) is 6.92 Å². The van der Waals surface area contributed by atoms with Gasteiger partial charge in [-0.25, -0.2) is 0 Å². The van der Waals surface area contributed by atoms with Gasteiger partial charge in [-0.3, -0.25) is 4.79 Å². The number of rotatable bonds is 4. The first kappa shape index (κ1) is 15.8. The van der Waals surface area contributed by atoms with Crippen LogP contribution in [0.15, 0.2) is 18.2 Å². The lowest BCUT2D eigenvalue weighted by molar-refractivity contribution is -0.136. The van der Waals surface area contributed by atoms with Crippen molar-refractivity contribution in [3.8, 4) is 5.75 Å². The molecule has 1 heterocycles. The number of nitrogens with zero attached hydrogens (tertiary/aromatic N) is 1. The van der Waals surface area contributed by atoms with Crippen molar-refractivity contribution in [2.45, 2.75) is 39.7 Å². The van der Waals surface area contributed by atoms with Crippen LogP contribution in [0.3, 0.4) is 0 Å². The first-order valence-electron chi connectivity index (χ1n) is 7.72. The molecule has 0 radical (unpaired) electrons. The van der Waals surface area contributed by atoms with Gasteiger partial charge in [0.05, 0.1) is 0 Å². The molecule has 1 atom stereocenters. The van der Waals surface area contributed by atoms with E-state index >= 15 is 0 Å². The van der Waals surface area contributed by atoms with Crippen molar-refractivity contribution >= 4 is 5.91 Å². The van der Waals surface area contributed by atoms with Crippen LogP contribution in [0.4, 0.5) is 0 Å². The van der Waals surface area contributed by atoms with Crippen LogP contribution in [0.2, 0.25) is 0 Å². The van der Waals surface area contributed by atoms with E-state index in [2.05, 4.69) is 38.2 Å². The Morgan fingerprint density at radius 2 is 2.24 bits per heavy atom. The van der Waals surface area contributed by atoms with Gasteiger partial charge >= 0.3 is 0 Å². The van der Waals surface area contributed by atoms with Crippen molar-refractivity contribution < 1.29 is 9.53 Å². The SMILES string of the molecule is Cc1ccc(C(C)C)c(OCC(=O)N2CCNC[C@H]2C)c1. The van der Waals surface area contributed by atoms with Gasteiger partial charge in [0.25, 0.3) is 5.91 Å². The molecule has 4 nitrogen and oxygen atoms in total. The van der Waals surface area contributed by atoms with Gasteiger partial charge in [-0.15, -0.1) is 0 Å². The first-order chi connectivity index (χ1) is 9.99. The number of benzene rings is 1. The molecule has 1 aromatic rings. The normalized spacial score (nSPS) is 18.9. The maximum atomic E-state index is 12.3. The second-order valence-electron chi connectivity index (χ2n) is 6.12. The molecule has 4 heteroatoms. The molecule has 0 aromatic heterocycles. The molecule has 1 aromatic carbocycles. The minimum absolute atomic E-state index is 0.0696. The minimum Gasteiger partial charge on any atom is -0.483 e. The van der Waals surface area contributed by atoms with E-state index in [1.165, 1.54) is 0 Å². The molecule has 116 valence electrons. The Balaban J connectivity index is 2.02. The molecule has 0 saturated carbocycles. The maximum absolute atomic E-state index is 12.3. The van der Waals surface area contributed by atoms with Crippen LogP contribution in [-0.2, 0) is 4.79 Å². The number of carbonyl (C=O) groups excluding carboxylic acids is 1. The highest BCUT2D eigenvalue weighted by atomic mass is 16.5. The third-order valence-corrected chi connectivity index (χ3v) is 3.96. The van der Waals surface area contributed by atoms with Crippen molar-refractivity contribution in [1.29, 1.82) is 0 Å². The fourth-order valence-electron chi connectivity index (χ4n) is 2.68. The molecule has 1 fully saturated rings. The molecule has 2 rings (SSSR count). The van der Waals surface area contributed by atoms with Crippen molar-refractivity contribution in [2.24, 2.45) is 0 Å². The van der Waals surface area contributed by atoms with E-state index in [-0.39, 0.29) is 18.6 Å². The molecule has 1 amide bonds. The summed E-state index contributed by atoms with van der Waals surface area (Å²) in [4.78, 5) is 14.2. The lowest BCUT2D eigenvalue weighted by Crippen LogP contribution is -2.53. The van der Waals surface area contributed by atoms with Crippen molar-refractivity contribution in [1.82, 2.24) is 10.2 Å². The van der Waals surface area contributed by atoms with Gasteiger partial charge in [0, 0.05) is 25.7 Å². The van der Waals surface area contributed by atoms with Crippen LogP contribution in [0.5, 0.6) is 5.75 Å². The molecule has 1 saturated heterocycles. The third kappa shape index (κ3) is 3.97. The van der Waals surface area contributed by atoms with Crippen LogP contribution in [0.25, 0.3) is 0 Å². The summed E-state index contributed by atoms with van der Waals surface area (Å²) in [5, 5.41) is 3.29. The van der Waals surface area contributed by atoms with Crippen molar-refractivity contribution in [3.63, 3.8) is 0 Å². The Morgan fingerprint density at radius 1 is 1.48 bits per heavy atom. The van der Waals surface area contributed by atoms with Crippen LogP contribution >= 0.6 is 0 Å². The number of aryl methyl sites for hydroxylation is 1. The summed E-state index contributed by atoms with van der Waals surface area (Å²) < 4.78 is 5.83. The van der Waals surface area contributed by atoms with E-state index in [9.17, 15) is 4.79 Å². The molecule has 0 aliphatic carbocycles. The van der Waals surface area contributed by atoms with Gasteiger partial charge < -0.3 is 15.0 Å². The fourth-order valence-corrected chi connectivity index (χ4v) is 2.68. The molecule has 1 aliphatic rings. The number of hydrogen-bond donors (Lipinski definition) is 1. The van der Waals surface area contributed by atoms with E-state index in [1.807, 2.05) is 17.9 Å². The highest BCUT2D eigenvalue weighted by Crippen LogP contribution is 2.27. The predicted molar refractivity (Wildman–Crippen MR) is 84.8 cm³/mol. The van der Waals surface area contributed by atoms with Crippen LogP contribution in [-0.4, -0.2) is 43.1 Å². The van der Waals surface area contributed by atoms with Gasteiger partial charge in [0.2, 0.25) is 0 Å². The molecular weight excluding hydrogens is 264 g/mol. The van der Waals surface area contributed by atoms with Crippen LogP contribution < -0.4 is 10.1 Å². The quantitative estimate of drug-likeness (QED) is 0.925. The summed E-state index contributed by atoms with van der Waals surface area (Å²) in [6, 6.07) is 6.43. The summed E-state index contributed by atoms with van der Waals surface area (Å²) in [5.41, 5.74) is 2.30. The van der Waals surface area contributed by atoms with Gasteiger partial charge in [-0.05, 0) is 37.0 Å². The average molecular weight is 290 g/mol. The van der Waals surface area contributed by atoms with Gasteiger partial charge in [0.1, 0.15) is 5.75 Å². The van der Waals surface area contributed by atoms with Crippen molar-refractivity contribution in [3.05, 3.63) is 29.3 Å². The number of nitrogens with one attached hydrogen (secondary N) is 1. The molecule has 21 heavy (non-hydrogen) atoms. The number of hydrogen-bond acceptors (Lipinski definition) is 3. The van der Waals surface area contributed by atoms with E-state index in [0.717, 1.165) is 36.5 Å². The highest BCUT2D eigenvalue weighted by molar-refractivity contribution is 5.78. The van der Waals surface area contributed by atoms with E-state index in [4.69, 9.17) is 4.74 Å². The maximum Gasteiger partial charge on any atom is 0.260 e. The summed E-state index contributed by atoms with van der Waals surface area (Å²) in [6.07, 6.45) is 0. The van der Waals surface area contributed by atoms with Gasteiger partial charge in [0.15, 0.2) is 6.61 Å². The molecule has 0 spiro atoms. The number of ether oxygens (including phenoxy) is 1. The topological polar surface area (TPSA) is 41.6 Å². The number of carbonyl (C=O) groups is 1. The van der Waals surface area contributed by atoms with E-state index in [1.54, 1.807) is 0 Å². The molecule has 1 aliphatic heterocycles. The summed E-state index contributed by atoms with van der Waals surface area (Å²) in [5.74, 6) is 1.29.